The highest BCUT2D eigenvalue weighted by Gasteiger charge is 2.32. The van der Waals surface area contributed by atoms with Crippen molar-refractivity contribution < 1.29 is 17.9 Å². The highest BCUT2D eigenvalue weighted by atomic mass is 19.4. The van der Waals surface area contributed by atoms with Crippen LogP contribution in [0.3, 0.4) is 0 Å². The Bertz CT molecular complexity index is 400. The van der Waals surface area contributed by atoms with E-state index in [-0.39, 0.29) is 5.69 Å². The third-order valence-corrected chi connectivity index (χ3v) is 3.31. The van der Waals surface area contributed by atoms with E-state index in [0.717, 1.165) is 18.9 Å². The Labute approximate surface area is 111 Å². The summed E-state index contributed by atoms with van der Waals surface area (Å²) in [5.74, 6) is 0. The fourth-order valence-corrected chi connectivity index (χ4v) is 2.35. The van der Waals surface area contributed by atoms with Crippen molar-refractivity contribution in [1.82, 2.24) is 0 Å². The zero-order chi connectivity index (χ0) is 13.7. The van der Waals surface area contributed by atoms with Gasteiger partial charge in [0.05, 0.1) is 18.3 Å². The van der Waals surface area contributed by atoms with Gasteiger partial charge in [-0.25, -0.2) is 0 Å². The summed E-state index contributed by atoms with van der Waals surface area (Å²) < 4.78 is 43.8. The van der Waals surface area contributed by atoms with Crippen LogP contribution in [-0.4, -0.2) is 19.3 Å². The van der Waals surface area contributed by atoms with Crippen LogP contribution in [0.25, 0.3) is 0 Å². The molecule has 0 spiro atoms. The summed E-state index contributed by atoms with van der Waals surface area (Å²) in [6, 6.07) is 5.51. The summed E-state index contributed by atoms with van der Waals surface area (Å²) in [4.78, 5) is 0. The van der Waals surface area contributed by atoms with Gasteiger partial charge in [0.2, 0.25) is 0 Å². The lowest BCUT2D eigenvalue weighted by Crippen LogP contribution is -2.17. The molecule has 0 aromatic heterocycles. The van der Waals surface area contributed by atoms with Crippen LogP contribution in [0, 0.1) is 0 Å². The van der Waals surface area contributed by atoms with Crippen LogP contribution in [0.2, 0.25) is 0 Å². The molecule has 106 valence electrons. The van der Waals surface area contributed by atoms with Crippen LogP contribution in [0.1, 0.15) is 31.2 Å². The van der Waals surface area contributed by atoms with Crippen LogP contribution in [0.15, 0.2) is 24.3 Å². The smallest absolute Gasteiger partial charge is 0.382 e. The average Bonchev–Trinajstić information content (AvgIpc) is 2.87. The van der Waals surface area contributed by atoms with Crippen molar-refractivity contribution in [2.75, 3.05) is 18.5 Å². The van der Waals surface area contributed by atoms with Crippen molar-refractivity contribution in [3.8, 4) is 0 Å². The highest BCUT2D eigenvalue weighted by molar-refractivity contribution is 5.52. The molecule has 0 aliphatic heterocycles. The summed E-state index contributed by atoms with van der Waals surface area (Å²) in [7, 11) is 0. The largest absolute Gasteiger partial charge is 0.418 e. The normalized spacial score (nSPS) is 16.8. The van der Waals surface area contributed by atoms with Crippen molar-refractivity contribution in [2.24, 2.45) is 0 Å². The SMILES string of the molecule is FC(F)(F)c1ccccc1NCCOC1CCCC1. The minimum absolute atomic E-state index is 0.116. The Morgan fingerprint density at radius 1 is 1.16 bits per heavy atom. The summed E-state index contributed by atoms with van der Waals surface area (Å²) in [5.41, 5.74) is -0.513. The highest BCUT2D eigenvalue weighted by Crippen LogP contribution is 2.34. The second-order valence-corrected chi connectivity index (χ2v) is 4.75. The Kier molecular flexibility index (Phi) is 4.69. The van der Waals surface area contributed by atoms with E-state index in [4.69, 9.17) is 4.74 Å². The van der Waals surface area contributed by atoms with Gasteiger partial charge in [0.15, 0.2) is 0 Å². The van der Waals surface area contributed by atoms with Gasteiger partial charge in [0, 0.05) is 12.2 Å². The van der Waals surface area contributed by atoms with Crippen LogP contribution < -0.4 is 5.32 Å². The van der Waals surface area contributed by atoms with Crippen molar-refractivity contribution in [1.29, 1.82) is 0 Å². The van der Waals surface area contributed by atoms with Crippen LogP contribution in [0.5, 0.6) is 0 Å². The van der Waals surface area contributed by atoms with E-state index in [1.807, 2.05) is 0 Å². The number of para-hydroxylation sites is 1. The van der Waals surface area contributed by atoms with Gasteiger partial charge < -0.3 is 10.1 Å². The molecule has 0 amide bonds. The number of rotatable bonds is 5. The lowest BCUT2D eigenvalue weighted by Gasteiger charge is -2.15. The van der Waals surface area contributed by atoms with Gasteiger partial charge in [-0.2, -0.15) is 13.2 Å². The molecule has 1 aromatic carbocycles. The predicted molar refractivity (Wildman–Crippen MR) is 68.1 cm³/mol. The average molecular weight is 273 g/mol. The van der Waals surface area contributed by atoms with Crippen LogP contribution in [0.4, 0.5) is 18.9 Å². The third kappa shape index (κ3) is 4.13. The van der Waals surface area contributed by atoms with Crippen molar-refractivity contribution in [3.63, 3.8) is 0 Å². The maximum atomic E-state index is 12.7. The summed E-state index contributed by atoms with van der Waals surface area (Å²) in [5, 5.41) is 2.80. The Morgan fingerprint density at radius 2 is 1.84 bits per heavy atom. The van der Waals surface area contributed by atoms with E-state index in [9.17, 15) is 13.2 Å². The van der Waals surface area contributed by atoms with E-state index in [2.05, 4.69) is 5.32 Å². The number of anilines is 1. The zero-order valence-electron chi connectivity index (χ0n) is 10.7. The van der Waals surface area contributed by atoms with Gasteiger partial charge in [0.1, 0.15) is 0 Å². The molecule has 19 heavy (non-hydrogen) atoms. The first-order valence-electron chi connectivity index (χ1n) is 6.59. The minimum atomic E-state index is -4.32. The van der Waals surface area contributed by atoms with Gasteiger partial charge in [-0.05, 0) is 25.0 Å². The first kappa shape index (κ1) is 14.2. The molecule has 1 N–H and O–H groups in total. The molecule has 0 atom stereocenters. The number of hydrogen-bond donors (Lipinski definition) is 1. The third-order valence-electron chi connectivity index (χ3n) is 3.31. The first-order chi connectivity index (χ1) is 9.07. The topological polar surface area (TPSA) is 21.3 Å². The quantitative estimate of drug-likeness (QED) is 0.816. The summed E-state index contributed by atoms with van der Waals surface area (Å²) >= 11 is 0. The predicted octanol–water partition coefficient (Wildman–Crippen LogP) is 4.08. The molecule has 2 rings (SSSR count). The van der Waals surface area contributed by atoms with Crippen molar-refractivity contribution in [3.05, 3.63) is 29.8 Å². The second kappa shape index (κ2) is 6.28. The molecule has 0 heterocycles. The number of halogens is 3. The lowest BCUT2D eigenvalue weighted by atomic mass is 10.1. The van der Waals surface area contributed by atoms with Gasteiger partial charge in [0.25, 0.3) is 0 Å². The molecular formula is C14H18F3NO. The maximum Gasteiger partial charge on any atom is 0.418 e. The van der Waals surface area contributed by atoms with E-state index in [1.165, 1.54) is 25.0 Å². The minimum Gasteiger partial charge on any atom is -0.382 e. The summed E-state index contributed by atoms with van der Waals surface area (Å²) in [6.45, 7) is 0.834. The Hall–Kier alpha value is -1.23. The molecule has 0 saturated heterocycles. The Balaban J connectivity index is 1.82. The molecule has 0 bridgehead atoms. The Morgan fingerprint density at radius 3 is 2.53 bits per heavy atom. The van der Waals surface area contributed by atoms with Crippen molar-refractivity contribution in [2.45, 2.75) is 38.0 Å². The standard InChI is InChI=1S/C14H18F3NO/c15-14(16,17)12-7-3-4-8-13(12)18-9-10-19-11-5-1-2-6-11/h3-4,7-8,11,18H,1-2,5-6,9-10H2. The molecule has 0 unspecified atom stereocenters. The molecule has 1 saturated carbocycles. The van der Waals surface area contributed by atoms with Gasteiger partial charge in [-0.1, -0.05) is 25.0 Å². The van der Waals surface area contributed by atoms with E-state index < -0.39 is 11.7 Å². The fourth-order valence-electron chi connectivity index (χ4n) is 2.35. The van der Waals surface area contributed by atoms with Gasteiger partial charge >= 0.3 is 6.18 Å². The lowest BCUT2D eigenvalue weighted by molar-refractivity contribution is -0.137. The van der Waals surface area contributed by atoms with Crippen molar-refractivity contribution >= 4 is 5.69 Å². The number of nitrogens with one attached hydrogen (secondary N) is 1. The molecule has 0 radical (unpaired) electrons. The second-order valence-electron chi connectivity index (χ2n) is 4.75. The van der Waals surface area contributed by atoms with Gasteiger partial charge in [-0.15, -0.1) is 0 Å². The zero-order valence-corrected chi connectivity index (χ0v) is 10.7. The number of hydrogen-bond acceptors (Lipinski definition) is 2. The molecule has 1 aliphatic carbocycles. The molecule has 2 nitrogen and oxygen atoms in total. The fraction of sp³-hybridized carbons (Fsp3) is 0.571. The van der Waals surface area contributed by atoms with Gasteiger partial charge in [-0.3, -0.25) is 0 Å². The molecule has 1 fully saturated rings. The van der Waals surface area contributed by atoms with Crippen LogP contribution in [-0.2, 0) is 10.9 Å². The maximum absolute atomic E-state index is 12.7. The summed E-state index contributed by atoms with van der Waals surface area (Å²) in [6.07, 6.45) is 0.484. The van der Waals surface area contributed by atoms with Crippen LogP contribution >= 0.6 is 0 Å². The number of ether oxygens (including phenoxy) is 1. The molecular weight excluding hydrogens is 255 g/mol. The first-order valence-corrected chi connectivity index (χ1v) is 6.59. The number of benzene rings is 1. The van der Waals surface area contributed by atoms with E-state index in [1.54, 1.807) is 6.07 Å². The molecule has 1 aliphatic rings. The molecule has 1 aromatic rings. The molecule has 5 heteroatoms. The number of alkyl halides is 3. The monoisotopic (exact) mass is 273 g/mol. The van der Waals surface area contributed by atoms with E-state index >= 15 is 0 Å². The van der Waals surface area contributed by atoms with E-state index in [0.29, 0.717) is 19.3 Å².